The van der Waals surface area contributed by atoms with Gasteiger partial charge in [0, 0.05) is 45.6 Å². The first kappa shape index (κ1) is 22.6. The van der Waals surface area contributed by atoms with Gasteiger partial charge in [-0.3, -0.25) is 9.63 Å². The maximum Gasteiger partial charge on any atom is 0.419 e. The van der Waals surface area contributed by atoms with Crippen LogP contribution in [0.3, 0.4) is 0 Å². The lowest BCUT2D eigenvalue weighted by molar-refractivity contribution is -0.173. The van der Waals surface area contributed by atoms with E-state index in [4.69, 9.17) is 15.3 Å². The average Bonchev–Trinajstić information content (AvgIpc) is 2.65. The lowest BCUT2D eigenvalue weighted by Crippen LogP contribution is -2.50. The summed E-state index contributed by atoms with van der Waals surface area (Å²) in [7, 11) is 1.59. The average molecular weight is 420 g/mol. The molecule has 29 heavy (non-hydrogen) atoms. The molecular formula is C16H23F3N6O4. The van der Waals surface area contributed by atoms with Gasteiger partial charge in [-0.2, -0.15) is 18.2 Å². The molecule has 2 heterocycles. The summed E-state index contributed by atoms with van der Waals surface area (Å²) in [5, 5.41) is 1.37. The highest BCUT2D eigenvalue weighted by Crippen LogP contribution is 2.28. The molecule has 0 radical (unpaired) electrons. The minimum Gasteiger partial charge on any atom is -0.445 e. The van der Waals surface area contributed by atoms with Gasteiger partial charge in [0.1, 0.15) is 12.7 Å². The van der Waals surface area contributed by atoms with E-state index in [1.54, 1.807) is 23.8 Å². The Morgan fingerprint density at radius 3 is 2.34 bits per heavy atom. The van der Waals surface area contributed by atoms with E-state index < -0.39 is 23.9 Å². The lowest BCUT2D eigenvalue weighted by Gasteiger charge is -2.35. The molecule has 10 nitrogen and oxygen atoms in total. The number of hydrogen-bond donors (Lipinski definition) is 1. The van der Waals surface area contributed by atoms with E-state index in [9.17, 15) is 22.8 Å². The van der Waals surface area contributed by atoms with Crippen LogP contribution in [0.15, 0.2) is 12.4 Å². The predicted octanol–water partition coefficient (Wildman–Crippen LogP) is 0.491. The Bertz CT molecular complexity index is 695. The number of carbonyl (C=O) groups is 2. The van der Waals surface area contributed by atoms with Gasteiger partial charge in [-0.15, -0.1) is 0 Å². The van der Waals surface area contributed by atoms with Crippen molar-refractivity contribution in [3.05, 3.63) is 18.0 Å². The third-order valence-corrected chi connectivity index (χ3v) is 4.12. The maximum absolute atomic E-state index is 12.6. The molecule has 2 rings (SSSR count). The summed E-state index contributed by atoms with van der Waals surface area (Å²) in [5.41, 5.74) is 4.01. The van der Waals surface area contributed by atoms with Crippen molar-refractivity contribution in [3.8, 4) is 0 Å². The summed E-state index contributed by atoms with van der Waals surface area (Å²) >= 11 is 0. The van der Waals surface area contributed by atoms with Crippen molar-refractivity contribution in [1.29, 1.82) is 0 Å². The van der Waals surface area contributed by atoms with Crippen molar-refractivity contribution in [2.75, 3.05) is 51.3 Å². The fraction of sp³-hybridized carbons (Fsp3) is 0.625. The fourth-order valence-electron chi connectivity index (χ4n) is 2.69. The Hall–Kier alpha value is -2.67. The Morgan fingerprint density at radius 1 is 1.24 bits per heavy atom. The molecule has 0 aromatic carbocycles. The molecule has 2 N–H and O–H groups in total. The minimum absolute atomic E-state index is 0.185. The summed E-state index contributed by atoms with van der Waals surface area (Å²) in [4.78, 5) is 39.1. The first-order chi connectivity index (χ1) is 13.6. The zero-order valence-corrected chi connectivity index (χ0v) is 16.1. The zero-order valence-electron chi connectivity index (χ0n) is 16.1. The molecule has 1 aromatic heterocycles. The van der Waals surface area contributed by atoms with Gasteiger partial charge in [0.15, 0.2) is 0 Å². The summed E-state index contributed by atoms with van der Waals surface area (Å²) in [6.07, 6.45) is -4.39. The lowest BCUT2D eigenvalue weighted by atomic mass is 10.3. The van der Waals surface area contributed by atoms with Crippen LogP contribution < -0.4 is 10.6 Å². The predicted molar refractivity (Wildman–Crippen MR) is 94.5 cm³/mol. The highest BCUT2D eigenvalue weighted by Gasteiger charge is 2.32. The quantitative estimate of drug-likeness (QED) is 0.634. The van der Waals surface area contributed by atoms with Crippen LogP contribution in [0.2, 0.25) is 0 Å². The van der Waals surface area contributed by atoms with Crippen molar-refractivity contribution in [3.63, 3.8) is 0 Å². The molecule has 1 saturated heterocycles. The third-order valence-electron chi connectivity index (χ3n) is 4.12. The molecule has 1 atom stereocenters. The van der Waals surface area contributed by atoms with Gasteiger partial charge in [-0.1, -0.05) is 0 Å². The van der Waals surface area contributed by atoms with E-state index >= 15 is 0 Å². The number of ether oxygens (including phenoxy) is 1. The Balaban J connectivity index is 1.75. The zero-order chi connectivity index (χ0) is 21.6. The number of anilines is 1. The highest BCUT2D eigenvalue weighted by molar-refractivity contribution is 5.77. The number of hydroxylamine groups is 2. The number of nitrogens with two attached hydrogens (primary N) is 1. The van der Waals surface area contributed by atoms with Crippen molar-refractivity contribution >= 4 is 17.9 Å². The molecule has 162 valence electrons. The molecule has 1 fully saturated rings. The molecule has 2 amide bonds. The molecule has 1 aliphatic rings. The van der Waals surface area contributed by atoms with Crippen molar-refractivity contribution < 1.29 is 32.3 Å². The van der Waals surface area contributed by atoms with E-state index in [1.807, 2.05) is 0 Å². The van der Waals surface area contributed by atoms with Gasteiger partial charge >= 0.3 is 12.3 Å². The van der Waals surface area contributed by atoms with Crippen molar-refractivity contribution in [1.82, 2.24) is 19.9 Å². The van der Waals surface area contributed by atoms with Crippen LogP contribution in [0.4, 0.5) is 23.9 Å². The number of piperazine rings is 1. The summed E-state index contributed by atoms with van der Waals surface area (Å²) in [6, 6.07) is 0. The fourth-order valence-corrected chi connectivity index (χ4v) is 2.69. The number of rotatable bonds is 7. The number of amides is 2. The van der Waals surface area contributed by atoms with Gasteiger partial charge in [-0.25, -0.2) is 14.8 Å². The van der Waals surface area contributed by atoms with Crippen LogP contribution in [0.5, 0.6) is 0 Å². The molecule has 0 aliphatic carbocycles. The Kier molecular flexibility index (Phi) is 7.56. The summed E-state index contributed by atoms with van der Waals surface area (Å²) in [6.45, 7) is 3.16. The second kappa shape index (κ2) is 9.69. The molecule has 1 unspecified atom stereocenters. The van der Waals surface area contributed by atoms with E-state index in [0.29, 0.717) is 26.2 Å². The molecular weight excluding hydrogens is 397 g/mol. The van der Waals surface area contributed by atoms with Crippen LogP contribution in [0.25, 0.3) is 0 Å². The second-order valence-electron chi connectivity index (χ2n) is 6.47. The number of halogens is 3. The Labute approximate surface area is 165 Å². The number of primary amides is 1. The van der Waals surface area contributed by atoms with Crippen molar-refractivity contribution in [2.24, 2.45) is 5.73 Å². The van der Waals surface area contributed by atoms with Crippen LogP contribution in [0.1, 0.15) is 12.5 Å². The van der Waals surface area contributed by atoms with E-state index in [2.05, 4.69) is 9.97 Å². The highest BCUT2D eigenvalue weighted by atomic mass is 19.4. The number of carbonyl (C=O) groups excluding carboxylic acids is 2. The normalized spacial score (nSPS) is 16.1. The van der Waals surface area contributed by atoms with Gasteiger partial charge < -0.3 is 20.3 Å². The molecule has 13 heteroatoms. The number of hydrogen-bond acceptors (Lipinski definition) is 8. The van der Waals surface area contributed by atoms with Crippen LogP contribution >= 0.6 is 0 Å². The van der Waals surface area contributed by atoms with E-state index in [1.165, 1.54) is 5.06 Å². The first-order valence-electron chi connectivity index (χ1n) is 8.78. The van der Waals surface area contributed by atoms with E-state index in [-0.39, 0.29) is 25.0 Å². The number of likely N-dealkylation sites (N-methyl/N-ethyl adjacent to an activating group) is 1. The first-order valence-corrected chi connectivity index (χ1v) is 8.78. The smallest absolute Gasteiger partial charge is 0.419 e. The third kappa shape index (κ3) is 7.02. The van der Waals surface area contributed by atoms with Crippen LogP contribution in [0, 0.1) is 0 Å². The second-order valence-corrected chi connectivity index (χ2v) is 6.47. The van der Waals surface area contributed by atoms with Crippen LogP contribution in [-0.4, -0.2) is 84.4 Å². The maximum atomic E-state index is 12.6. The monoisotopic (exact) mass is 420 g/mol. The molecule has 1 aromatic rings. The Morgan fingerprint density at radius 2 is 1.83 bits per heavy atom. The summed E-state index contributed by atoms with van der Waals surface area (Å²) < 4.78 is 42.5. The minimum atomic E-state index is -4.49. The number of nitrogens with zero attached hydrogens (tertiary/aromatic N) is 5. The molecule has 0 spiro atoms. The standard InChI is InChI=1S/C16H23F3N6O4/c1-11(29-14(20)27)9-23(2)28-10-13(26)24-3-5-25(6-4-24)15-21-7-12(8-22-15)16(17,18)19/h7-8,11H,3-6,9-10H2,1-2H3,(H2,20,27). The largest absolute Gasteiger partial charge is 0.445 e. The SMILES string of the molecule is CC(CN(C)OCC(=O)N1CCN(c2ncc(C(F)(F)F)cn2)CC1)OC(N)=O. The summed E-state index contributed by atoms with van der Waals surface area (Å²) in [5.74, 6) is -0.0576. The van der Waals surface area contributed by atoms with Crippen LogP contribution in [-0.2, 0) is 20.5 Å². The van der Waals surface area contributed by atoms with Gasteiger partial charge in [0.05, 0.1) is 12.1 Å². The van der Waals surface area contributed by atoms with Gasteiger partial charge in [0.2, 0.25) is 5.95 Å². The van der Waals surface area contributed by atoms with Gasteiger partial charge in [-0.05, 0) is 6.92 Å². The molecule has 1 aliphatic heterocycles. The number of alkyl halides is 3. The topological polar surface area (TPSA) is 114 Å². The number of aromatic nitrogens is 2. The molecule has 0 saturated carbocycles. The van der Waals surface area contributed by atoms with Crippen molar-refractivity contribution in [2.45, 2.75) is 19.2 Å². The van der Waals surface area contributed by atoms with E-state index in [0.717, 1.165) is 12.4 Å². The molecule has 0 bridgehead atoms. The van der Waals surface area contributed by atoms with Gasteiger partial charge in [0.25, 0.3) is 5.91 Å².